The third kappa shape index (κ3) is 3.55. The van der Waals surface area contributed by atoms with Gasteiger partial charge >= 0.3 is 0 Å². The van der Waals surface area contributed by atoms with Crippen LogP contribution < -0.4 is 0 Å². The highest BCUT2D eigenvalue weighted by Gasteiger charge is 2.44. The van der Waals surface area contributed by atoms with Crippen molar-refractivity contribution in [2.45, 2.75) is 51.5 Å². The van der Waals surface area contributed by atoms with Gasteiger partial charge in [-0.3, -0.25) is 4.79 Å². The lowest BCUT2D eigenvalue weighted by Crippen LogP contribution is -2.59. The van der Waals surface area contributed by atoms with E-state index in [2.05, 4.69) is 0 Å². The molecule has 1 heterocycles. The van der Waals surface area contributed by atoms with Gasteiger partial charge in [-0.15, -0.1) is 0 Å². The van der Waals surface area contributed by atoms with Gasteiger partial charge in [-0.05, 0) is 24.1 Å². The first-order chi connectivity index (χ1) is 10.7. The second-order valence-electron chi connectivity index (χ2n) is 6.53. The molecular formula is C16H24O7. The normalized spacial score (nSPS) is 37.3. The van der Waals surface area contributed by atoms with Crippen molar-refractivity contribution in [1.29, 1.82) is 0 Å². The minimum absolute atomic E-state index is 0.0254. The fraction of sp³-hybridized carbons (Fsp3) is 0.688. The number of rotatable bonds is 4. The molecule has 0 radical (unpaired) electrons. The smallest absolute Gasteiger partial charge is 0.187 e. The van der Waals surface area contributed by atoms with Crippen molar-refractivity contribution in [3.63, 3.8) is 0 Å². The predicted molar refractivity (Wildman–Crippen MR) is 80.3 cm³/mol. The van der Waals surface area contributed by atoms with Crippen LogP contribution >= 0.6 is 0 Å². The van der Waals surface area contributed by atoms with Crippen molar-refractivity contribution in [3.8, 4) is 0 Å². The van der Waals surface area contributed by atoms with Crippen molar-refractivity contribution >= 4 is 5.78 Å². The summed E-state index contributed by atoms with van der Waals surface area (Å²) in [4.78, 5) is 11.8. The maximum absolute atomic E-state index is 11.8. The Balaban J connectivity index is 2.10. The Morgan fingerprint density at radius 3 is 2.48 bits per heavy atom. The molecule has 0 bridgehead atoms. The van der Waals surface area contributed by atoms with Gasteiger partial charge in [0, 0.05) is 5.41 Å². The summed E-state index contributed by atoms with van der Waals surface area (Å²) in [5.74, 6) is -0.100. The van der Waals surface area contributed by atoms with Crippen LogP contribution in [0.15, 0.2) is 23.3 Å². The zero-order valence-electron chi connectivity index (χ0n) is 13.5. The highest BCUT2D eigenvalue weighted by molar-refractivity contribution is 6.05. The van der Waals surface area contributed by atoms with Crippen LogP contribution in [0.25, 0.3) is 0 Å². The Morgan fingerprint density at radius 1 is 1.22 bits per heavy atom. The fourth-order valence-electron chi connectivity index (χ4n) is 2.81. The van der Waals surface area contributed by atoms with Gasteiger partial charge in [-0.2, -0.15) is 0 Å². The molecule has 1 aliphatic heterocycles. The molecule has 0 aromatic heterocycles. The van der Waals surface area contributed by atoms with Crippen LogP contribution in [0.2, 0.25) is 0 Å². The zero-order valence-corrected chi connectivity index (χ0v) is 13.5. The van der Waals surface area contributed by atoms with E-state index in [9.17, 15) is 20.1 Å². The van der Waals surface area contributed by atoms with E-state index in [0.717, 1.165) is 5.57 Å². The van der Waals surface area contributed by atoms with Gasteiger partial charge in [0.1, 0.15) is 24.4 Å². The van der Waals surface area contributed by atoms with Crippen molar-refractivity contribution in [2.24, 2.45) is 5.41 Å². The number of carbonyl (C=O) groups excluding carboxylic acids is 1. The molecule has 130 valence electrons. The Hall–Kier alpha value is -1.09. The minimum Gasteiger partial charge on any atom is -0.394 e. The van der Waals surface area contributed by atoms with Gasteiger partial charge < -0.3 is 29.9 Å². The number of allylic oxidation sites excluding steroid dienone is 3. The lowest BCUT2D eigenvalue weighted by atomic mass is 9.77. The molecule has 2 rings (SSSR count). The predicted octanol–water partition coefficient (Wildman–Crippen LogP) is -0.716. The van der Waals surface area contributed by atoms with Crippen LogP contribution in [0.3, 0.4) is 0 Å². The second kappa shape index (κ2) is 6.80. The number of ether oxygens (including phenoxy) is 2. The maximum Gasteiger partial charge on any atom is 0.187 e. The number of aliphatic hydroxyl groups excluding tert-OH is 4. The lowest BCUT2D eigenvalue weighted by molar-refractivity contribution is -0.299. The van der Waals surface area contributed by atoms with E-state index in [1.165, 1.54) is 6.08 Å². The fourth-order valence-corrected chi connectivity index (χ4v) is 2.81. The monoisotopic (exact) mass is 328 g/mol. The number of aliphatic hydroxyl groups is 4. The summed E-state index contributed by atoms with van der Waals surface area (Å²) in [5, 5.41) is 38.6. The van der Waals surface area contributed by atoms with Crippen molar-refractivity contribution in [1.82, 2.24) is 0 Å². The Bertz CT molecular complexity index is 521. The molecule has 1 fully saturated rings. The lowest BCUT2D eigenvalue weighted by Gasteiger charge is -2.40. The topological polar surface area (TPSA) is 116 Å². The van der Waals surface area contributed by atoms with Crippen LogP contribution in [0.1, 0.15) is 20.8 Å². The van der Waals surface area contributed by atoms with E-state index in [0.29, 0.717) is 5.57 Å². The zero-order chi connectivity index (χ0) is 17.4. The summed E-state index contributed by atoms with van der Waals surface area (Å²) in [7, 11) is 0. The number of hydrogen-bond acceptors (Lipinski definition) is 7. The Morgan fingerprint density at radius 2 is 1.87 bits per heavy atom. The first-order valence-corrected chi connectivity index (χ1v) is 7.55. The summed E-state index contributed by atoms with van der Waals surface area (Å²) in [6, 6.07) is 0. The third-order valence-electron chi connectivity index (χ3n) is 4.49. The first-order valence-electron chi connectivity index (χ1n) is 7.55. The quantitative estimate of drug-likeness (QED) is 0.538. The van der Waals surface area contributed by atoms with Crippen LogP contribution in [-0.2, 0) is 14.3 Å². The van der Waals surface area contributed by atoms with E-state index in [4.69, 9.17) is 14.6 Å². The molecular weight excluding hydrogens is 304 g/mol. The molecule has 1 saturated heterocycles. The number of carbonyl (C=O) groups is 1. The molecule has 7 heteroatoms. The summed E-state index contributed by atoms with van der Waals surface area (Å²) >= 11 is 0. The molecule has 5 atom stereocenters. The van der Waals surface area contributed by atoms with Gasteiger partial charge in [0.25, 0.3) is 0 Å². The van der Waals surface area contributed by atoms with Crippen molar-refractivity contribution < 1.29 is 34.7 Å². The Kier molecular flexibility index (Phi) is 5.40. The van der Waals surface area contributed by atoms with E-state index in [-0.39, 0.29) is 17.8 Å². The van der Waals surface area contributed by atoms with Gasteiger partial charge in [0.05, 0.1) is 13.2 Å². The molecule has 1 aliphatic carbocycles. The average molecular weight is 328 g/mol. The van der Waals surface area contributed by atoms with E-state index >= 15 is 0 Å². The number of ketones is 1. The van der Waals surface area contributed by atoms with E-state index < -0.39 is 37.3 Å². The third-order valence-corrected chi connectivity index (χ3v) is 4.49. The van der Waals surface area contributed by atoms with E-state index in [1.807, 2.05) is 13.8 Å². The highest BCUT2D eigenvalue weighted by Crippen LogP contribution is 2.35. The van der Waals surface area contributed by atoms with Crippen LogP contribution in [0.4, 0.5) is 0 Å². The minimum atomic E-state index is -1.48. The van der Waals surface area contributed by atoms with Crippen molar-refractivity contribution in [2.75, 3.05) is 13.2 Å². The molecule has 2 aliphatic rings. The van der Waals surface area contributed by atoms with Crippen LogP contribution in [-0.4, -0.2) is 70.1 Å². The highest BCUT2D eigenvalue weighted by atomic mass is 16.7. The molecule has 4 N–H and O–H groups in total. The molecule has 0 saturated carbocycles. The molecule has 0 unspecified atom stereocenters. The summed E-state index contributed by atoms with van der Waals surface area (Å²) in [5.41, 5.74) is 0.940. The van der Waals surface area contributed by atoms with Gasteiger partial charge in [-0.1, -0.05) is 19.9 Å². The van der Waals surface area contributed by atoms with Gasteiger partial charge in [0.2, 0.25) is 0 Å². The van der Waals surface area contributed by atoms with Gasteiger partial charge in [-0.25, -0.2) is 0 Å². The maximum atomic E-state index is 11.8. The molecule has 0 aromatic carbocycles. The summed E-state index contributed by atoms with van der Waals surface area (Å²) < 4.78 is 10.8. The van der Waals surface area contributed by atoms with Crippen LogP contribution in [0, 0.1) is 5.41 Å². The summed E-state index contributed by atoms with van der Waals surface area (Å²) in [6.45, 7) is 5.09. The van der Waals surface area contributed by atoms with Crippen LogP contribution in [0.5, 0.6) is 0 Å². The molecule has 23 heavy (non-hydrogen) atoms. The molecule has 0 amide bonds. The van der Waals surface area contributed by atoms with Gasteiger partial charge in [0.15, 0.2) is 12.1 Å². The molecule has 7 nitrogen and oxygen atoms in total. The summed E-state index contributed by atoms with van der Waals surface area (Å²) in [6.07, 6.45) is -3.28. The van der Waals surface area contributed by atoms with Crippen molar-refractivity contribution in [3.05, 3.63) is 23.3 Å². The Labute approximate surface area is 134 Å². The average Bonchev–Trinajstić information content (AvgIpc) is 2.51. The SMILES string of the molecule is CC1=C(CO[C@@H]2O[C@H](CO)[C@@H](O)[C@H](O)[C@H]2O)C(C)(C)C=CC1=O. The second-order valence-corrected chi connectivity index (χ2v) is 6.53. The largest absolute Gasteiger partial charge is 0.394 e. The molecule has 0 spiro atoms. The first kappa shape index (κ1) is 18.3. The van der Waals surface area contributed by atoms with E-state index in [1.54, 1.807) is 13.0 Å². The molecule has 0 aromatic rings. The number of hydrogen-bond donors (Lipinski definition) is 4. The standard InChI is InChI=1S/C16H24O7/c1-8-9(16(2,3)5-4-10(8)18)7-22-15-14(21)13(20)12(19)11(6-17)23-15/h4-5,11-15,17,19-21H,6-7H2,1-3H3/t11-,12-,13+,14-,15-/m1/s1.